The molecule has 0 fully saturated rings. The van der Waals surface area contributed by atoms with Gasteiger partial charge in [-0.3, -0.25) is 9.59 Å². The first-order valence-electron chi connectivity index (χ1n) is 14.2. The lowest BCUT2D eigenvalue weighted by atomic mass is 9.75. The summed E-state index contributed by atoms with van der Waals surface area (Å²) >= 11 is 0. The largest absolute Gasteiger partial charge is 0.481 e. The van der Waals surface area contributed by atoms with Crippen molar-refractivity contribution in [2.75, 3.05) is 13.2 Å². The fourth-order valence-corrected chi connectivity index (χ4v) is 4.42. The zero-order valence-corrected chi connectivity index (χ0v) is 23.0. The Labute approximate surface area is 219 Å². The van der Waals surface area contributed by atoms with Crippen LogP contribution in [0.4, 0.5) is 0 Å². The van der Waals surface area contributed by atoms with Crippen LogP contribution >= 0.6 is 0 Å². The van der Waals surface area contributed by atoms with Crippen LogP contribution in [0.3, 0.4) is 0 Å². The minimum absolute atomic E-state index is 0.526. The zero-order chi connectivity index (χ0) is 27.7. The third kappa shape index (κ3) is 22.0. The van der Waals surface area contributed by atoms with Gasteiger partial charge in [-0.2, -0.15) is 0 Å². The van der Waals surface area contributed by atoms with Gasteiger partial charge in [0, 0.05) is 0 Å². The Morgan fingerprint density at radius 2 is 0.861 bits per heavy atom. The average Bonchev–Trinajstić information content (AvgIpc) is 2.83. The van der Waals surface area contributed by atoms with E-state index in [1.807, 2.05) is 0 Å². The van der Waals surface area contributed by atoms with E-state index in [1.54, 1.807) is 0 Å². The summed E-state index contributed by atoms with van der Waals surface area (Å²) in [4.78, 5) is 21.9. The minimum atomic E-state index is -1.93. The number of hydrogen-bond acceptors (Lipinski definition) is 6. The summed E-state index contributed by atoms with van der Waals surface area (Å²) < 4.78 is 0. The highest BCUT2D eigenvalue weighted by molar-refractivity contribution is 5.81. The SMILES string of the molecule is CCCCCCCCCCCCCCCCCC.O=C(O)CC(CC(O)CO)(CC(O)CO)C(=O)O. The van der Waals surface area contributed by atoms with Crippen LogP contribution in [0.15, 0.2) is 0 Å². The van der Waals surface area contributed by atoms with E-state index in [0.29, 0.717) is 0 Å². The standard InChI is InChI=1S/C18H38.C10H18O8/c1-3-5-7-9-11-13-15-17-18-16-14-12-10-8-6-4-2;11-4-6(13)1-10(9(17)18,3-8(15)16)2-7(14)5-12/h3-18H2,1-2H3;6-7,11-14H,1-5H2,(H,15,16)(H,17,18). The van der Waals surface area contributed by atoms with E-state index in [4.69, 9.17) is 20.4 Å². The molecule has 2 unspecified atom stereocenters. The molecule has 0 aromatic carbocycles. The number of unbranched alkanes of at least 4 members (excludes halogenated alkanes) is 15. The Bertz CT molecular complexity index is 484. The number of rotatable bonds is 24. The Hall–Kier alpha value is -1.22. The highest BCUT2D eigenvalue weighted by Gasteiger charge is 2.43. The predicted octanol–water partition coefficient (Wildman–Crippen LogP) is 5.29. The Morgan fingerprint density at radius 1 is 0.583 bits per heavy atom. The molecule has 0 saturated carbocycles. The lowest BCUT2D eigenvalue weighted by Crippen LogP contribution is -2.41. The molecule has 8 heteroatoms. The number of hydrogen-bond donors (Lipinski definition) is 6. The number of aliphatic hydroxyl groups is 4. The van der Waals surface area contributed by atoms with Gasteiger partial charge in [0.15, 0.2) is 0 Å². The summed E-state index contributed by atoms with van der Waals surface area (Å²) in [6.45, 7) is 3.15. The third-order valence-corrected chi connectivity index (χ3v) is 6.57. The van der Waals surface area contributed by atoms with Crippen LogP contribution in [0.25, 0.3) is 0 Å². The summed E-state index contributed by atoms with van der Waals surface area (Å²) in [7, 11) is 0. The van der Waals surface area contributed by atoms with Crippen molar-refractivity contribution in [1.82, 2.24) is 0 Å². The van der Waals surface area contributed by atoms with Gasteiger partial charge in [0.1, 0.15) is 0 Å². The minimum Gasteiger partial charge on any atom is -0.481 e. The first-order valence-corrected chi connectivity index (χ1v) is 14.2. The highest BCUT2D eigenvalue weighted by atomic mass is 16.4. The number of carboxylic acids is 2. The molecule has 0 aliphatic carbocycles. The van der Waals surface area contributed by atoms with E-state index >= 15 is 0 Å². The third-order valence-electron chi connectivity index (χ3n) is 6.57. The van der Waals surface area contributed by atoms with Gasteiger partial charge in [0.25, 0.3) is 0 Å². The van der Waals surface area contributed by atoms with Gasteiger partial charge in [0.05, 0.1) is 37.3 Å². The van der Waals surface area contributed by atoms with Crippen LogP contribution in [0, 0.1) is 5.41 Å². The lowest BCUT2D eigenvalue weighted by Gasteiger charge is -2.31. The summed E-state index contributed by atoms with van der Waals surface area (Å²) in [5.74, 6) is -2.92. The first-order chi connectivity index (χ1) is 17.2. The Morgan fingerprint density at radius 3 is 1.06 bits per heavy atom. The smallest absolute Gasteiger partial charge is 0.310 e. The summed E-state index contributed by atoms with van der Waals surface area (Å²) in [5.41, 5.74) is -1.93. The van der Waals surface area contributed by atoms with E-state index in [9.17, 15) is 19.8 Å². The normalized spacial score (nSPS) is 14.4. The first kappa shape index (κ1) is 36.9. The highest BCUT2D eigenvalue weighted by Crippen LogP contribution is 2.34. The van der Waals surface area contributed by atoms with E-state index in [-0.39, 0.29) is 0 Å². The molecule has 0 spiro atoms. The molecule has 6 N–H and O–H groups in total. The van der Waals surface area contributed by atoms with Gasteiger partial charge >= 0.3 is 11.9 Å². The molecule has 0 aromatic rings. The van der Waals surface area contributed by atoms with Gasteiger partial charge in [0.2, 0.25) is 0 Å². The second-order valence-electron chi connectivity index (χ2n) is 10.2. The van der Waals surface area contributed by atoms with Crippen molar-refractivity contribution in [2.45, 2.75) is 148 Å². The molecule has 0 rings (SSSR count). The van der Waals surface area contributed by atoms with Gasteiger partial charge in [-0.15, -0.1) is 0 Å². The van der Waals surface area contributed by atoms with Crippen molar-refractivity contribution in [3.05, 3.63) is 0 Å². The van der Waals surface area contributed by atoms with E-state index in [2.05, 4.69) is 13.8 Å². The quantitative estimate of drug-likeness (QED) is 0.0938. The van der Waals surface area contributed by atoms with Crippen molar-refractivity contribution >= 4 is 11.9 Å². The molecule has 0 aromatic heterocycles. The maximum Gasteiger partial charge on any atom is 0.310 e. The van der Waals surface area contributed by atoms with Crippen LogP contribution in [0.2, 0.25) is 0 Å². The molecule has 8 nitrogen and oxygen atoms in total. The van der Waals surface area contributed by atoms with Gasteiger partial charge in [-0.05, 0) is 12.8 Å². The molecule has 0 amide bonds. The molecule has 0 heterocycles. The van der Waals surface area contributed by atoms with Crippen molar-refractivity contribution in [3.63, 3.8) is 0 Å². The monoisotopic (exact) mass is 520 g/mol. The topological polar surface area (TPSA) is 156 Å². The fourth-order valence-electron chi connectivity index (χ4n) is 4.42. The molecule has 0 bridgehead atoms. The van der Waals surface area contributed by atoms with Crippen molar-refractivity contribution in [2.24, 2.45) is 5.41 Å². The van der Waals surface area contributed by atoms with E-state index in [0.717, 1.165) is 0 Å². The molecule has 0 aliphatic heterocycles. The predicted molar refractivity (Wildman–Crippen MR) is 143 cm³/mol. The Kier molecular flexibility index (Phi) is 26.1. The zero-order valence-electron chi connectivity index (χ0n) is 23.0. The second kappa shape index (κ2) is 25.4. The van der Waals surface area contributed by atoms with E-state index < -0.39 is 62.0 Å². The van der Waals surface area contributed by atoms with E-state index in [1.165, 1.54) is 103 Å². The van der Waals surface area contributed by atoms with Crippen molar-refractivity contribution in [3.8, 4) is 0 Å². The maximum atomic E-state index is 11.2. The van der Waals surface area contributed by atoms with Crippen molar-refractivity contribution in [1.29, 1.82) is 0 Å². The lowest BCUT2D eigenvalue weighted by molar-refractivity contribution is -0.161. The molecular weight excluding hydrogens is 464 g/mol. The average molecular weight is 521 g/mol. The number of aliphatic carboxylic acids is 2. The summed E-state index contributed by atoms with van der Waals surface area (Å²) in [6.07, 6.45) is 18.7. The molecule has 2 atom stereocenters. The van der Waals surface area contributed by atoms with Crippen LogP contribution in [-0.4, -0.2) is 68.0 Å². The van der Waals surface area contributed by atoms with Crippen molar-refractivity contribution < 1.29 is 40.2 Å². The van der Waals surface area contributed by atoms with Gasteiger partial charge in [-0.1, -0.05) is 117 Å². The number of carboxylic acid groups (broad SMARTS) is 2. The van der Waals surface area contributed by atoms with Crippen LogP contribution < -0.4 is 0 Å². The molecule has 0 saturated heterocycles. The second-order valence-corrected chi connectivity index (χ2v) is 10.2. The molecule has 0 radical (unpaired) electrons. The molecule has 216 valence electrons. The summed E-state index contributed by atoms with van der Waals surface area (Å²) in [6, 6.07) is 0. The summed E-state index contributed by atoms with van der Waals surface area (Å²) in [5, 5.41) is 53.8. The molecule has 36 heavy (non-hydrogen) atoms. The maximum absolute atomic E-state index is 11.2. The van der Waals surface area contributed by atoms with Gasteiger partial charge in [-0.25, -0.2) is 0 Å². The van der Waals surface area contributed by atoms with Crippen LogP contribution in [-0.2, 0) is 9.59 Å². The number of aliphatic hydroxyl groups excluding tert-OH is 4. The Balaban J connectivity index is 0. The van der Waals surface area contributed by atoms with Crippen LogP contribution in [0.5, 0.6) is 0 Å². The fraction of sp³-hybridized carbons (Fsp3) is 0.929. The number of carbonyl (C=O) groups is 2. The molecule has 0 aliphatic rings. The van der Waals surface area contributed by atoms with Gasteiger partial charge < -0.3 is 30.6 Å². The van der Waals surface area contributed by atoms with Crippen LogP contribution in [0.1, 0.15) is 136 Å². The molecular formula is C28H56O8.